The van der Waals surface area contributed by atoms with Gasteiger partial charge in [-0.05, 0) is 71.2 Å². The van der Waals surface area contributed by atoms with Gasteiger partial charge in [0.05, 0.1) is 27.5 Å². The van der Waals surface area contributed by atoms with E-state index in [0.717, 1.165) is 12.1 Å². The highest BCUT2D eigenvalue weighted by Gasteiger charge is 2.39. The van der Waals surface area contributed by atoms with Gasteiger partial charge in [-0.1, -0.05) is 12.1 Å². The Labute approximate surface area is 191 Å². The second-order valence-electron chi connectivity index (χ2n) is 9.09. The number of carbonyl (C=O) groups excluding carboxylic acids is 2. The van der Waals surface area contributed by atoms with Crippen LogP contribution in [0.3, 0.4) is 0 Å². The van der Waals surface area contributed by atoms with Gasteiger partial charge in [0.15, 0.2) is 9.84 Å². The van der Waals surface area contributed by atoms with E-state index >= 15 is 0 Å². The van der Waals surface area contributed by atoms with Crippen LogP contribution in [0.1, 0.15) is 45.6 Å². The molecule has 184 valence electrons. The van der Waals surface area contributed by atoms with Crippen LogP contribution in [0, 0.1) is 22.7 Å². The van der Waals surface area contributed by atoms with E-state index in [0.29, 0.717) is 32.0 Å². The van der Waals surface area contributed by atoms with Crippen molar-refractivity contribution in [2.75, 3.05) is 18.8 Å². The van der Waals surface area contributed by atoms with E-state index in [1.165, 1.54) is 26.8 Å². The van der Waals surface area contributed by atoms with Crippen molar-refractivity contribution in [3.8, 4) is 0 Å². The van der Waals surface area contributed by atoms with E-state index in [-0.39, 0.29) is 11.6 Å². The molecule has 0 bridgehead atoms. The van der Waals surface area contributed by atoms with E-state index < -0.39 is 61.9 Å². The van der Waals surface area contributed by atoms with Crippen LogP contribution in [-0.2, 0) is 30.3 Å². The van der Waals surface area contributed by atoms with E-state index in [1.807, 2.05) is 0 Å². The average Bonchev–Trinajstić information content (AvgIpc) is 2.73. The first-order chi connectivity index (χ1) is 15.1. The molecular weight excluding hydrogens is 461 g/mol. The minimum absolute atomic E-state index is 0.0671. The first-order valence-electron chi connectivity index (χ1n) is 10.6. The van der Waals surface area contributed by atoms with Gasteiger partial charge in [-0.25, -0.2) is 8.42 Å². The zero-order valence-electron chi connectivity index (χ0n) is 18.8. The molecule has 1 aliphatic rings. The fraction of sp³-hybridized carbons (Fsp3) is 0.591. The Kier molecular flexibility index (Phi) is 8.45. The standard InChI is InChI=1S/C22H29F3N2O5S/c1-21(2,3)20(29)32-19(28)15(18(26)14-8-11-27-12-9-14)10-13-33(30,31)17-7-5-4-6-16(17)22(23,24)25/h4-7,14-15,26-27H,8-13H2,1-3H3. The summed E-state index contributed by atoms with van der Waals surface area (Å²) < 4.78 is 70.5. The molecule has 1 aromatic carbocycles. The summed E-state index contributed by atoms with van der Waals surface area (Å²) in [6.45, 7) is 5.82. The number of alkyl halides is 3. The molecule has 0 saturated carbocycles. The zero-order valence-corrected chi connectivity index (χ0v) is 19.6. The number of piperidine rings is 1. The van der Waals surface area contributed by atoms with Crippen LogP contribution in [0.4, 0.5) is 13.2 Å². The second-order valence-corrected chi connectivity index (χ2v) is 11.2. The maximum absolute atomic E-state index is 13.3. The molecule has 2 N–H and O–H groups in total. The largest absolute Gasteiger partial charge is 0.417 e. The smallest absolute Gasteiger partial charge is 0.392 e. The highest BCUT2D eigenvalue weighted by atomic mass is 32.2. The van der Waals surface area contributed by atoms with E-state index in [9.17, 15) is 31.2 Å². The first-order valence-corrected chi connectivity index (χ1v) is 12.2. The lowest BCUT2D eigenvalue weighted by Crippen LogP contribution is -2.39. The third kappa shape index (κ3) is 7.10. The summed E-state index contributed by atoms with van der Waals surface area (Å²) in [6.07, 6.45) is -4.25. The molecule has 0 spiro atoms. The van der Waals surface area contributed by atoms with Gasteiger partial charge >= 0.3 is 18.1 Å². The molecule has 11 heteroatoms. The number of hydrogen-bond acceptors (Lipinski definition) is 7. The lowest BCUT2D eigenvalue weighted by atomic mass is 9.84. The fourth-order valence-corrected chi connectivity index (χ4v) is 5.06. The Morgan fingerprint density at radius 2 is 1.73 bits per heavy atom. The molecule has 0 aromatic heterocycles. The first kappa shape index (κ1) is 27.0. The zero-order chi connectivity index (χ0) is 25.0. The SMILES string of the molecule is CC(C)(C)C(=O)OC(=O)C(CCS(=O)(=O)c1ccccc1C(F)(F)F)C(=N)C1CCNCC1. The normalized spacial score (nSPS) is 16.8. The van der Waals surface area contributed by atoms with Crippen LogP contribution in [0.15, 0.2) is 29.2 Å². The summed E-state index contributed by atoms with van der Waals surface area (Å²) in [5.74, 6) is -4.37. The van der Waals surface area contributed by atoms with Crippen LogP contribution in [0.5, 0.6) is 0 Å². The van der Waals surface area contributed by atoms with Gasteiger partial charge in [0.25, 0.3) is 0 Å². The number of rotatable bonds is 7. The fourth-order valence-electron chi connectivity index (χ4n) is 3.49. The molecule has 33 heavy (non-hydrogen) atoms. The predicted octanol–water partition coefficient (Wildman–Crippen LogP) is 3.62. The van der Waals surface area contributed by atoms with Crippen molar-refractivity contribution in [1.29, 1.82) is 5.41 Å². The van der Waals surface area contributed by atoms with Crippen molar-refractivity contribution in [3.05, 3.63) is 29.8 Å². The van der Waals surface area contributed by atoms with E-state index in [1.54, 1.807) is 0 Å². The van der Waals surface area contributed by atoms with Crippen LogP contribution in [0.25, 0.3) is 0 Å². The van der Waals surface area contributed by atoms with Crippen molar-refractivity contribution in [2.24, 2.45) is 17.3 Å². The van der Waals surface area contributed by atoms with Crippen LogP contribution in [0.2, 0.25) is 0 Å². The van der Waals surface area contributed by atoms with Crippen molar-refractivity contribution in [2.45, 2.75) is 51.1 Å². The molecule has 1 fully saturated rings. The number of carbonyl (C=O) groups is 2. The quantitative estimate of drug-likeness (QED) is 0.343. The Hall–Kier alpha value is -2.27. The minimum Gasteiger partial charge on any atom is -0.392 e. The number of esters is 2. The van der Waals surface area contributed by atoms with E-state index in [2.05, 4.69) is 5.32 Å². The van der Waals surface area contributed by atoms with Gasteiger partial charge in [-0.15, -0.1) is 0 Å². The molecule has 7 nitrogen and oxygen atoms in total. The minimum atomic E-state index is -4.87. The number of nitrogens with one attached hydrogen (secondary N) is 2. The Morgan fingerprint density at radius 3 is 2.27 bits per heavy atom. The Balaban J connectivity index is 2.30. The lowest BCUT2D eigenvalue weighted by molar-refractivity contribution is -0.167. The molecule has 1 heterocycles. The number of sulfone groups is 1. The van der Waals surface area contributed by atoms with Crippen molar-refractivity contribution >= 4 is 27.5 Å². The number of hydrogen-bond donors (Lipinski definition) is 2. The van der Waals surface area contributed by atoms with Gasteiger partial charge in [-0.3, -0.25) is 9.59 Å². The van der Waals surface area contributed by atoms with Gasteiger partial charge in [-0.2, -0.15) is 13.2 Å². The molecule has 0 radical (unpaired) electrons. The van der Waals surface area contributed by atoms with Gasteiger partial charge in [0.2, 0.25) is 0 Å². The van der Waals surface area contributed by atoms with Crippen LogP contribution >= 0.6 is 0 Å². The monoisotopic (exact) mass is 490 g/mol. The summed E-state index contributed by atoms with van der Waals surface area (Å²) in [7, 11) is -4.45. The Bertz CT molecular complexity index is 994. The maximum atomic E-state index is 13.3. The summed E-state index contributed by atoms with van der Waals surface area (Å²) in [4.78, 5) is 24.1. The Morgan fingerprint density at radius 1 is 1.15 bits per heavy atom. The van der Waals surface area contributed by atoms with Crippen molar-refractivity contribution in [3.63, 3.8) is 0 Å². The third-order valence-electron chi connectivity index (χ3n) is 5.45. The van der Waals surface area contributed by atoms with Crippen molar-refractivity contribution in [1.82, 2.24) is 5.32 Å². The molecular formula is C22H29F3N2O5S. The summed E-state index contributed by atoms with van der Waals surface area (Å²) in [5.41, 5.74) is -2.36. The van der Waals surface area contributed by atoms with Crippen LogP contribution < -0.4 is 5.32 Å². The molecule has 1 unspecified atom stereocenters. The number of ether oxygens (including phenoxy) is 1. The summed E-state index contributed by atoms with van der Waals surface area (Å²) >= 11 is 0. The number of halogens is 3. The molecule has 1 aromatic rings. The van der Waals surface area contributed by atoms with Crippen LogP contribution in [-0.4, -0.2) is 44.9 Å². The highest BCUT2D eigenvalue weighted by Crippen LogP contribution is 2.35. The van der Waals surface area contributed by atoms with Gasteiger partial charge < -0.3 is 15.5 Å². The summed E-state index contributed by atoms with van der Waals surface area (Å²) in [5, 5.41) is 11.6. The predicted molar refractivity (Wildman–Crippen MR) is 115 cm³/mol. The molecule has 1 aliphatic heterocycles. The molecule has 2 rings (SSSR count). The van der Waals surface area contributed by atoms with Gasteiger partial charge in [0, 0.05) is 5.71 Å². The number of benzene rings is 1. The molecule has 0 amide bonds. The summed E-state index contributed by atoms with van der Waals surface area (Å²) in [6, 6.07) is 3.82. The molecule has 1 saturated heterocycles. The molecule has 1 atom stereocenters. The van der Waals surface area contributed by atoms with Crippen molar-refractivity contribution < 1.29 is 35.9 Å². The second kappa shape index (κ2) is 10.3. The highest BCUT2D eigenvalue weighted by molar-refractivity contribution is 7.91. The van der Waals surface area contributed by atoms with E-state index in [4.69, 9.17) is 10.1 Å². The third-order valence-corrected chi connectivity index (χ3v) is 7.25. The average molecular weight is 491 g/mol. The topological polar surface area (TPSA) is 113 Å². The maximum Gasteiger partial charge on any atom is 0.417 e. The lowest BCUT2D eigenvalue weighted by Gasteiger charge is -2.28. The van der Waals surface area contributed by atoms with Gasteiger partial charge in [0.1, 0.15) is 0 Å². The molecule has 0 aliphatic carbocycles.